The van der Waals surface area contributed by atoms with Crippen LogP contribution in [0.5, 0.6) is 5.75 Å². The van der Waals surface area contributed by atoms with Gasteiger partial charge in [-0.3, -0.25) is 4.90 Å². The molecule has 3 aromatic carbocycles. The minimum atomic E-state index is -0.172. The van der Waals surface area contributed by atoms with Crippen molar-refractivity contribution in [3.63, 3.8) is 0 Å². The van der Waals surface area contributed by atoms with E-state index in [9.17, 15) is 4.39 Å². The third kappa shape index (κ3) is 5.60. The summed E-state index contributed by atoms with van der Waals surface area (Å²) in [6.45, 7) is 3.61. The Hall–Kier alpha value is -3.18. The highest BCUT2D eigenvalue weighted by molar-refractivity contribution is 5.80. The summed E-state index contributed by atoms with van der Waals surface area (Å²) in [7, 11) is 0. The molecule has 0 spiro atoms. The number of hydrogen-bond donors (Lipinski definition) is 0. The van der Waals surface area contributed by atoms with Crippen LogP contribution in [0.3, 0.4) is 0 Å². The number of likely N-dealkylation sites (tertiary alicyclic amines) is 1. The van der Waals surface area contributed by atoms with Crippen LogP contribution < -0.4 is 4.74 Å². The molecule has 4 nitrogen and oxygen atoms in total. The second kappa shape index (κ2) is 10.2. The van der Waals surface area contributed by atoms with E-state index in [4.69, 9.17) is 9.26 Å². The molecule has 0 radical (unpaired) electrons. The Morgan fingerprint density at radius 3 is 2.52 bits per heavy atom. The fraction of sp³-hybridized carbons (Fsp3) is 0.321. The van der Waals surface area contributed by atoms with Crippen LogP contribution in [0.15, 0.2) is 77.3 Å². The summed E-state index contributed by atoms with van der Waals surface area (Å²) in [6.07, 6.45) is 4.43. The maximum atomic E-state index is 13.1. The quantitative estimate of drug-likeness (QED) is 0.316. The molecule has 2 heterocycles. The fourth-order valence-corrected chi connectivity index (χ4v) is 4.60. The molecular formula is C28H29FN2O2. The van der Waals surface area contributed by atoms with Crippen molar-refractivity contribution in [3.05, 3.63) is 95.4 Å². The normalized spacial score (nSPS) is 15.2. The van der Waals surface area contributed by atoms with E-state index < -0.39 is 0 Å². The summed E-state index contributed by atoms with van der Waals surface area (Å²) in [5.41, 5.74) is 4.13. The van der Waals surface area contributed by atoms with Crippen molar-refractivity contribution in [3.8, 4) is 5.75 Å². The number of benzene rings is 3. The van der Waals surface area contributed by atoms with Crippen LogP contribution in [-0.2, 0) is 19.6 Å². The van der Waals surface area contributed by atoms with Crippen LogP contribution in [-0.4, -0.2) is 23.1 Å². The Labute approximate surface area is 194 Å². The number of aromatic nitrogens is 1. The van der Waals surface area contributed by atoms with Gasteiger partial charge in [0.2, 0.25) is 0 Å². The number of aryl methyl sites for hydroxylation is 1. The number of nitrogens with zero attached hydrogens (tertiary/aromatic N) is 2. The lowest BCUT2D eigenvalue weighted by molar-refractivity contribution is 0.172. The second-order valence-corrected chi connectivity index (χ2v) is 8.95. The van der Waals surface area contributed by atoms with Gasteiger partial charge in [0, 0.05) is 18.0 Å². The smallest absolute Gasteiger partial charge is 0.170 e. The van der Waals surface area contributed by atoms with Gasteiger partial charge in [-0.15, -0.1) is 0 Å². The number of ether oxygens (including phenoxy) is 1. The first-order chi connectivity index (χ1) is 16.2. The summed E-state index contributed by atoms with van der Waals surface area (Å²) >= 11 is 0. The molecule has 0 amide bonds. The van der Waals surface area contributed by atoms with Gasteiger partial charge in [0.05, 0.1) is 5.69 Å². The predicted molar refractivity (Wildman–Crippen MR) is 128 cm³/mol. The molecule has 4 aromatic rings. The van der Waals surface area contributed by atoms with E-state index in [0.29, 0.717) is 12.5 Å². The minimum Gasteiger partial charge on any atom is -0.489 e. The molecular weight excluding hydrogens is 415 g/mol. The average Bonchev–Trinajstić information content (AvgIpc) is 3.26. The first kappa shape index (κ1) is 21.7. The highest BCUT2D eigenvalue weighted by Gasteiger charge is 2.20. The zero-order valence-electron chi connectivity index (χ0n) is 18.8. The zero-order chi connectivity index (χ0) is 22.5. The van der Waals surface area contributed by atoms with Crippen molar-refractivity contribution in [2.45, 2.75) is 38.8 Å². The van der Waals surface area contributed by atoms with Crippen LogP contribution in [0.4, 0.5) is 4.39 Å². The molecule has 0 saturated carbocycles. The van der Waals surface area contributed by atoms with Gasteiger partial charge in [-0.05, 0) is 80.1 Å². The van der Waals surface area contributed by atoms with Gasteiger partial charge in [0.15, 0.2) is 5.58 Å². The number of piperidine rings is 1. The minimum absolute atomic E-state index is 0.172. The van der Waals surface area contributed by atoms with Crippen molar-refractivity contribution in [1.82, 2.24) is 10.1 Å². The Morgan fingerprint density at radius 2 is 1.73 bits per heavy atom. The summed E-state index contributed by atoms with van der Waals surface area (Å²) in [5, 5.41) is 5.42. The Bertz CT molecular complexity index is 1170. The molecule has 170 valence electrons. The summed E-state index contributed by atoms with van der Waals surface area (Å²) in [6, 6.07) is 23.0. The Balaban J connectivity index is 1.11. The zero-order valence-corrected chi connectivity index (χ0v) is 18.8. The highest BCUT2D eigenvalue weighted by atomic mass is 19.1. The van der Waals surface area contributed by atoms with Crippen molar-refractivity contribution < 1.29 is 13.7 Å². The van der Waals surface area contributed by atoms with Crippen LogP contribution in [0.25, 0.3) is 11.0 Å². The van der Waals surface area contributed by atoms with Gasteiger partial charge in [-0.25, -0.2) is 4.39 Å². The number of fused-ring (bicyclic) bond motifs is 1. The molecule has 0 unspecified atom stereocenters. The molecule has 33 heavy (non-hydrogen) atoms. The van der Waals surface area contributed by atoms with Crippen LogP contribution in [0.1, 0.15) is 36.1 Å². The van der Waals surface area contributed by atoms with Gasteiger partial charge in [0.25, 0.3) is 0 Å². The monoisotopic (exact) mass is 444 g/mol. The predicted octanol–water partition coefficient (Wildman–Crippen LogP) is 6.39. The van der Waals surface area contributed by atoms with Crippen molar-refractivity contribution in [2.24, 2.45) is 5.92 Å². The molecule has 1 aromatic heterocycles. The maximum absolute atomic E-state index is 13.1. The molecule has 5 heteroatoms. The first-order valence-corrected chi connectivity index (χ1v) is 11.7. The van der Waals surface area contributed by atoms with E-state index in [0.717, 1.165) is 60.5 Å². The summed E-state index contributed by atoms with van der Waals surface area (Å²) in [4.78, 5) is 2.46. The van der Waals surface area contributed by atoms with E-state index in [2.05, 4.69) is 28.3 Å². The van der Waals surface area contributed by atoms with Crippen molar-refractivity contribution in [2.75, 3.05) is 13.1 Å². The van der Waals surface area contributed by atoms with Crippen molar-refractivity contribution in [1.29, 1.82) is 0 Å². The molecule has 5 rings (SSSR count). The lowest BCUT2D eigenvalue weighted by atomic mass is 9.91. The van der Waals surface area contributed by atoms with E-state index in [1.54, 1.807) is 12.1 Å². The maximum Gasteiger partial charge on any atom is 0.170 e. The van der Waals surface area contributed by atoms with Gasteiger partial charge in [0.1, 0.15) is 18.2 Å². The summed E-state index contributed by atoms with van der Waals surface area (Å²) < 4.78 is 24.6. The molecule has 1 aliphatic rings. The lowest BCUT2D eigenvalue weighted by Crippen LogP contribution is -2.33. The molecule has 1 fully saturated rings. The molecule has 1 aliphatic heterocycles. The second-order valence-electron chi connectivity index (χ2n) is 8.95. The van der Waals surface area contributed by atoms with Crippen molar-refractivity contribution >= 4 is 11.0 Å². The van der Waals surface area contributed by atoms with E-state index in [1.807, 2.05) is 42.5 Å². The first-order valence-electron chi connectivity index (χ1n) is 11.7. The van der Waals surface area contributed by atoms with Gasteiger partial charge >= 0.3 is 0 Å². The van der Waals surface area contributed by atoms with E-state index >= 15 is 0 Å². The van der Waals surface area contributed by atoms with Gasteiger partial charge in [-0.1, -0.05) is 47.6 Å². The van der Waals surface area contributed by atoms with E-state index in [1.165, 1.54) is 18.4 Å². The molecule has 0 aliphatic carbocycles. The van der Waals surface area contributed by atoms with Crippen LogP contribution in [0, 0.1) is 11.7 Å². The summed E-state index contributed by atoms with van der Waals surface area (Å²) in [5.74, 6) is 1.33. The van der Waals surface area contributed by atoms with E-state index in [-0.39, 0.29) is 5.82 Å². The molecule has 1 saturated heterocycles. The lowest BCUT2D eigenvalue weighted by Gasteiger charge is -2.32. The fourth-order valence-electron chi connectivity index (χ4n) is 4.60. The average molecular weight is 445 g/mol. The largest absolute Gasteiger partial charge is 0.489 e. The number of hydrogen-bond acceptors (Lipinski definition) is 4. The Morgan fingerprint density at radius 1 is 0.939 bits per heavy atom. The Kier molecular flexibility index (Phi) is 6.68. The third-order valence-corrected chi connectivity index (χ3v) is 6.58. The molecule has 0 atom stereocenters. The third-order valence-electron chi connectivity index (χ3n) is 6.58. The van der Waals surface area contributed by atoms with Gasteiger partial charge < -0.3 is 9.26 Å². The molecule has 0 bridgehead atoms. The standard InChI is InChI=1S/C28H29FN2O2/c29-24-9-6-22(7-10-24)19-31-16-14-21(15-17-31)8-13-27-26-12-11-25(18-28(26)33-30-27)32-20-23-4-2-1-3-5-23/h1-7,9-12,18,21H,8,13-17,19-20H2. The highest BCUT2D eigenvalue weighted by Crippen LogP contribution is 2.28. The van der Waals surface area contributed by atoms with Crippen LogP contribution in [0.2, 0.25) is 0 Å². The SMILES string of the molecule is Fc1ccc(CN2CCC(CCc3noc4cc(OCc5ccccc5)ccc34)CC2)cc1. The number of halogens is 1. The number of rotatable bonds is 8. The van der Waals surface area contributed by atoms with Gasteiger partial charge in [-0.2, -0.15) is 0 Å². The van der Waals surface area contributed by atoms with Crippen LogP contribution >= 0.6 is 0 Å². The topological polar surface area (TPSA) is 38.5 Å². The molecule has 0 N–H and O–H groups in total.